The zero-order valence-electron chi connectivity index (χ0n) is 13.7. The van der Waals surface area contributed by atoms with Crippen LogP contribution in [0.5, 0.6) is 0 Å². The van der Waals surface area contributed by atoms with Crippen molar-refractivity contribution in [2.45, 2.75) is 14.4 Å². The summed E-state index contributed by atoms with van der Waals surface area (Å²) in [5.41, 5.74) is 0.210. The van der Waals surface area contributed by atoms with E-state index in [0.29, 0.717) is 4.90 Å². The van der Waals surface area contributed by atoms with Crippen molar-refractivity contribution in [3.05, 3.63) is 96.6 Å². The largest absolute Gasteiger partial charge is 0.292 e. The minimum atomic E-state index is -4.15. The Morgan fingerprint density at radius 3 is 1.73 bits per heavy atom. The Balaban J connectivity index is 2.14. The van der Waals surface area contributed by atoms with E-state index in [4.69, 9.17) is 0 Å². The fourth-order valence-corrected chi connectivity index (χ4v) is 6.30. The van der Waals surface area contributed by atoms with Gasteiger partial charge in [-0.3, -0.25) is 9.00 Å². The number of carbonyl (C=O) groups is 1. The molecule has 26 heavy (non-hydrogen) atoms. The highest BCUT2D eigenvalue weighted by molar-refractivity contribution is 8.07. The van der Waals surface area contributed by atoms with Crippen LogP contribution in [-0.4, -0.2) is 23.0 Å². The van der Waals surface area contributed by atoms with Crippen molar-refractivity contribution in [3.8, 4) is 0 Å². The van der Waals surface area contributed by atoms with Crippen molar-refractivity contribution >= 4 is 26.4 Å². The second-order valence-electron chi connectivity index (χ2n) is 5.53. The fourth-order valence-electron chi connectivity index (χ4n) is 2.50. The molecular formula is C20H16O4S2. The normalized spacial score (nSPS) is 13.7. The zero-order chi connectivity index (χ0) is 18.6. The third-order valence-corrected chi connectivity index (χ3v) is 8.13. The maximum Gasteiger partial charge on any atom is 0.208 e. The molecule has 0 aliphatic carbocycles. The molecule has 0 saturated heterocycles. The lowest BCUT2D eigenvalue weighted by atomic mass is 10.1. The van der Waals surface area contributed by atoms with Gasteiger partial charge in [-0.1, -0.05) is 66.7 Å². The van der Waals surface area contributed by atoms with E-state index < -0.39 is 31.0 Å². The molecule has 0 saturated carbocycles. The number of hydrogen-bond acceptors (Lipinski definition) is 4. The Kier molecular flexibility index (Phi) is 5.44. The highest BCUT2D eigenvalue weighted by Gasteiger charge is 2.40. The number of ketones is 1. The first kappa shape index (κ1) is 18.2. The molecule has 0 aliphatic heterocycles. The molecule has 0 aliphatic rings. The van der Waals surface area contributed by atoms with Crippen LogP contribution in [-0.2, 0) is 20.6 Å². The van der Waals surface area contributed by atoms with Crippen LogP contribution >= 0.6 is 0 Å². The van der Waals surface area contributed by atoms with E-state index in [2.05, 4.69) is 0 Å². The molecule has 0 bridgehead atoms. The van der Waals surface area contributed by atoms with Gasteiger partial charge in [0.1, 0.15) is 0 Å². The van der Waals surface area contributed by atoms with Crippen molar-refractivity contribution in [1.29, 1.82) is 0 Å². The van der Waals surface area contributed by atoms with Crippen LogP contribution in [0.25, 0.3) is 0 Å². The van der Waals surface area contributed by atoms with Gasteiger partial charge in [-0.05, 0) is 24.3 Å². The van der Waals surface area contributed by atoms with Crippen LogP contribution in [0, 0.1) is 0 Å². The monoisotopic (exact) mass is 384 g/mol. The van der Waals surface area contributed by atoms with Gasteiger partial charge in [0.2, 0.25) is 14.4 Å². The Hall–Kier alpha value is -2.57. The van der Waals surface area contributed by atoms with E-state index in [1.165, 1.54) is 24.3 Å². The summed E-state index contributed by atoms with van der Waals surface area (Å²) in [6, 6.07) is 23.9. The van der Waals surface area contributed by atoms with Crippen LogP contribution in [0.4, 0.5) is 0 Å². The lowest BCUT2D eigenvalue weighted by Crippen LogP contribution is -2.34. The number of rotatable bonds is 6. The van der Waals surface area contributed by atoms with Crippen LogP contribution in [0.15, 0.2) is 101 Å². The van der Waals surface area contributed by atoms with Gasteiger partial charge >= 0.3 is 0 Å². The molecule has 3 aromatic rings. The number of sulfone groups is 1. The maximum atomic E-state index is 13.1. The lowest BCUT2D eigenvalue weighted by Gasteiger charge is -2.17. The van der Waals surface area contributed by atoms with E-state index in [1.807, 2.05) is 0 Å². The second kappa shape index (κ2) is 7.76. The summed E-state index contributed by atoms with van der Waals surface area (Å²) in [6.45, 7) is 0. The summed E-state index contributed by atoms with van der Waals surface area (Å²) >= 11 is 0. The van der Waals surface area contributed by atoms with Gasteiger partial charge in [0.15, 0.2) is 5.78 Å². The highest BCUT2D eigenvalue weighted by Crippen LogP contribution is 2.25. The van der Waals surface area contributed by atoms with Crippen molar-refractivity contribution in [3.63, 3.8) is 0 Å². The predicted molar refractivity (Wildman–Crippen MR) is 101 cm³/mol. The molecular weight excluding hydrogens is 368 g/mol. The minimum Gasteiger partial charge on any atom is -0.292 e. The summed E-state index contributed by atoms with van der Waals surface area (Å²) in [5.74, 6) is -0.684. The summed E-state index contributed by atoms with van der Waals surface area (Å²) < 4.78 is 37.7. The van der Waals surface area contributed by atoms with Gasteiger partial charge in [-0.25, -0.2) is 8.42 Å². The van der Waals surface area contributed by atoms with Gasteiger partial charge in [-0.2, -0.15) is 0 Å². The van der Waals surface area contributed by atoms with Gasteiger partial charge in [0.05, 0.1) is 15.7 Å². The quantitative estimate of drug-likeness (QED) is 0.610. The van der Waals surface area contributed by atoms with Crippen LogP contribution in [0.1, 0.15) is 10.4 Å². The molecule has 6 heteroatoms. The van der Waals surface area contributed by atoms with E-state index in [9.17, 15) is 17.4 Å². The smallest absolute Gasteiger partial charge is 0.208 e. The van der Waals surface area contributed by atoms with Crippen molar-refractivity contribution in [2.24, 2.45) is 0 Å². The van der Waals surface area contributed by atoms with Crippen LogP contribution in [0.3, 0.4) is 0 Å². The Labute approximate surface area is 154 Å². The van der Waals surface area contributed by atoms with Gasteiger partial charge in [0.25, 0.3) is 0 Å². The number of hydrogen-bond donors (Lipinski definition) is 0. The molecule has 0 amide bonds. The van der Waals surface area contributed by atoms with Crippen molar-refractivity contribution in [1.82, 2.24) is 0 Å². The number of Topliss-reactive ketones (excluding diaryl/α,β-unsaturated/α-hetero) is 1. The Morgan fingerprint density at radius 1 is 0.731 bits per heavy atom. The maximum absolute atomic E-state index is 13.1. The summed E-state index contributed by atoms with van der Waals surface area (Å²) in [5, 5.41) is 0. The molecule has 0 fully saturated rings. The molecule has 2 unspecified atom stereocenters. The zero-order valence-corrected chi connectivity index (χ0v) is 15.3. The van der Waals surface area contributed by atoms with E-state index in [0.717, 1.165) is 0 Å². The topological polar surface area (TPSA) is 68.3 Å². The number of benzene rings is 3. The first-order valence-electron chi connectivity index (χ1n) is 7.85. The average Bonchev–Trinajstić information content (AvgIpc) is 2.70. The molecule has 0 spiro atoms. The van der Waals surface area contributed by atoms with E-state index in [-0.39, 0.29) is 10.5 Å². The number of carbonyl (C=O) groups excluding carboxylic acids is 1. The molecule has 2 atom stereocenters. The van der Waals surface area contributed by atoms with Crippen LogP contribution < -0.4 is 0 Å². The average molecular weight is 384 g/mol. The van der Waals surface area contributed by atoms with Crippen molar-refractivity contribution < 1.29 is 17.4 Å². The van der Waals surface area contributed by atoms with Gasteiger partial charge in [0, 0.05) is 10.5 Å². The summed E-state index contributed by atoms with van der Waals surface area (Å²) in [7, 11) is -6.20. The fraction of sp³-hybridized carbons (Fsp3) is 0.0500. The van der Waals surface area contributed by atoms with E-state index >= 15 is 0 Å². The van der Waals surface area contributed by atoms with E-state index in [1.54, 1.807) is 66.7 Å². The van der Waals surface area contributed by atoms with Gasteiger partial charge in [-0.15, -0.1) is 0 Å². The van der Waals surface area contributed by atoms with Crippen LogP contribution in [0.2, 0.25) is 0 Å². The summed E-state index contributed by atoms with van der Waals surface area (Å²) in [6.07, 6.45) is 0. The Bertz CT molecular complexity index is 964. The third kappa shape index (κ3) is 3.66. The van der Waals surface area contributed by atoms with Gasteiger partial charge < -0.3 is 0 Å². The third-order valence-electron chi connectivity index (χ3n) is 3.80. The standard InChI is InChI=1S/C20H16O4S2/c21-19(16-10-4-1-5-11-16)20(25(22)17-12-6-2-7-13-17)26(23,24)18-14-8-3-9-15-18/h1-15,20H. The Morgan fingerprint density at radius 2 is 1.19 bits per heavy atom. The summed E-state index contributed by atoms with van der Waals surface area (Å²) in [4.78, 5) is 13.3. The molecule has 0 heterocycles. The van der Waals surface area contributed by atoms with Crippen molar-refractivity contribution in [2.75, 3.05) is 0 Å². The predicted octanol–water partition coefficient (Wildman–Crippen LogP) is 3.48. The molecule has 3 aromatic carbocycles. The minimum absolute atomic E-state index is 0.0291. The second-order valence-corrected chi connectivity index (χ2v) is 9.40. The molecule has 3 rings (SSSR count). The molecule has 132 valence electrons. The first-order chi connectivity index (χ1) is 12.5. The highest BCUT2D eigenvalue weighted by atomic mass is 32.3. The lowest BCUT2D eigenvalue weighted by molar-refractivity contribution is 0.101. The molecule has 0 radical (unpaired) electrons. The first-order valence-corrected chi connectivity index (χ1v) is 10.6. The molecule has 0 aromatic heterocycles. The molecule has 0 N–H and O–H groups in total. The SMILES string of the molecule is O=C(c1ccccc1)C(S(=O)c1ccccc1)S(=O)(=O)c1ccccc1. The molecule has 4 nitrogen and oxygen atoms in total.